The van der Waals surface area contributed by atoms with Crippen molar-refractivity contribution in [1.82, 2.24) is 14.9 Å². The van der Waals surface area contributed by atoms with Crippen molar-refractivity contribution < 1.29 is 9.53 Å². The number of para-hydroxylation sites is 3. The van der Waals surface area contributed by atoms with E-state index in [1.54, 1.807) is 17.7 Å². The summed E-state index contributed by atoms with van der Waals surface area (Å²) in [5.74, 6) is 1.80. The van der Waals surface area contributed by atoms with Gasteiger partial charge in [0.1, 0.15) is 5.75 Å². The summed E-state index contributed by atoms with van der Waals surface area (Å²) in [4.78, 5) is 30.9. The molecule has 1 heterocycles. The summed E-state index contributed by atoms with van der Waals surface area (Å²) in [6.07, 6.45) is 3.37. The van der Waals surface area contributed by atoms with Crippen LogP contribution in [-0.2, 0) is 4.79 Å². The average Bonchev–Trinajstić information content (AvgIpc) is 2.81. The molecule has 1 aromatic heterocycles. The highest BCUT2D eigenvalue weighted by molar-refractivity contribution is 7.99. The molecule has 1 aliphatic rings. The van der Waals surface area contributed by atoms with E-state index in [1.807, 2.05) is 42.5 Å². The van der Waals surface area contributed by atoms with Gasteiger partial charge in [0.15, 0.2) is 5.16 Å². The van der Waals surface area contributed by atoms with Gasteiger partial charge in [0, 0.05) is 6.04 Å². The number of methoxy groups -OCH3 is 1. The van der Waals surface area contributed by atoms with Gasteiger partial charge >= 0.3 is 0 Å². The molecule has 0 radical (unpaired) electrons. The lowest BCUT2D eigenvalue weighted by Crippen LogP contribution is -2.44. The van der Waals surface area contributed by atoms with Crippen molar-refractivity contribution in [1.29, 1.82) is 0 Å². The highest BCUT2D eigenvalue weighted by Gasteiger charge is 2.28. The molecule has 1 N–H and O–H groups in total. The lowest BCUT2D eigenvalue weighted by Gasteiger charge is -2.34. The molecule has 1 saturated carbocycles. The van der Waals surface area contributed by atoms with Crippen molar-refractivity contribution in [3.63, 3.8) is 0 Å². The zero-order valence-corrected chi connectivity index (χ0v) is 19.5. The third-order valence-corrected chi connectivity index (χ3v) is 7.40. The minimum atomic E-state index is -0.183. The lowest BCUT2D eigenvalue weighted by molar-refractivity contribution is -0.120. The van der Waals surface area contributed by atoms with Crippen LogP contribution in [0.1, 0.15) is 33.1 Å². The predicted molar refractivity (Wildman–Crippen MR) is 129 cm³/mol. The number of hydrogen-bond donors (Lipinski definition) is 1. The molecule has 0 bridgehead atoms. The number of fused-ring (bicyclic) bond motifs is 1. The third kappa shape index (κ3) is 4.53. The molecule has 0 spiro atoms. The minimum Gasteiger partial charge on any atom is -0.495 e. The normalized spacial score (nSPS) is 20.8. The van der Waals surface area contributed by atoms with Crippen LogP contribution < -0.4 is 15.6 Å². The number of thioether (sulfide) groups is 1. The average molecular weight is 452 g/mol. The molecule has 1 aliphatic carbocycles. The fourth-order valence-corrected chi connectivity index (χ4v) is 5.22. The number of benzene rings is 2. The number of aromatic nitrogens is 2. The Morgan fingerprint density at radius 1 is 1.16 bits per heavy atom. The number of nitrogens with zero attached hydrogens (tertiary/aromatic N) is 2. The highest BCUT2D eigenvalue weighted by atomic mass is 32.2. The summed E-state index contributed by atoms with van der Waals surface area (Å²) in [6, 6.07) is 14.8. The Morgan fingerprint density at radius 3 is 2.72 bits per heavy atom. The maximum absolute atomic E-state index is 13.4. The van der Waals surface area contributed by atoms with E-state index < -0.39 is 0 Å². The molecule has 0 saturated heterocycles. The van der Waals surface area contributed by atoms with Crippen molar-refractivity contribution >= 4 is 28.6 Å². The van der Waals surface area contributed by atoms with Gasteiger partial charge in [-0.25, -0.2) is 4.98 Å². The van der Waals surface area contributed by atoms with E-state index in [2.05, 4.69) is 19.2 Å². The molecule has 0 aliphatic heterocycles. The number of amides is 1. The molecule has 7 heteroatoms. The van der Waals surface area contributed by atoms with Gasteiger partial charge < -0.3 is 10.1 Å². The van der Waals surface area contributed by atoms with Gasteiger partial charge in [0.05, 0.1) is 29.5 Å². The highest BCUT2D eigenvalue weighted by Crippen LogP contribution is 2.30. The molecule has 2 aromatic carbocycles. The summed E-state index contributed by atoms with van der Waals surface area (Å²) in [6.45, 7) is 4.47. The Morgan fingerprint density at radius 2 is 1.91 bits per heavy atom. The molecule has 4 rings (SSSR count). The largest absolute Gasteiger partial charge is 0.495 e. The van der Waals surface area contributed by atoms with Gasteiger partial charge in [-0.15, -0.1) is 0 Å². The fraction of sp³-hybridized carbons (Fsp3) is 0.400. The van der Waals surface area contributed by atoms with Crippen LogP contribution in [0.25, 0.3) is 16.6 Å². The Bertz CT molecular complexity index is 1180. The van der Waals surface area contributed by atoms with Crippen molar-refractivity contribution in [2.24, 2.45) is 11.8 Å². The zero-order chi connectivity index (χ0) is 22.7. The summed E-state index contributed by atoms with van der Waals surface area (Å²) in [5.41, 5.74) is 1.04. The van der Waals surface area contributed by atoms with E-state index in [1.165, 1.54) is 18.2 Å². The first kappa shape index (κ1) is 22.4. The molecule has 6 nitrogen and oxygen atoms in total. The quantitative estimate of drug-likeness (QED) is 0.443. The second kappa shape index (κ2) is 9.77. The van der Waals surface area contributed by atoms with E-state index >= 15 is 0 Å². The second-order valence-electron chi connectivity index (χ2n) is 8.45. The lowest BCUT2D eigenvalue weighted by atomic mass is 9.78. The first-order valence-electron chi connectivity index (χ1n) is 11.1. The van der Waals surface area contributed by atoms with Crippen molar-refractivity contribution in [2.75, 3.05) is 12.9 Å². The van der Waals surface area contributed by atoms with Gasteiger partial charge in [-0.2, -0.15) is 0 Å². The number of ether oxygens (including phenoxy) is 1. The Balaban J connectivity index is 1.64. The Kier molecular flexibility index (Phi) is 6.84. The van der Waals surface area contributed by atoms with Gasteiger partial charge in [-0.1, -0.05) is 62.7 Å². The molecule has 3 aromatic rings. The fourth-order valence-electron chi connectivity index (χ4n) is 4.40. The minimum absolute atomic E-state index is 0.0325. The van der Waals surface area contributed by atoms with E-state index in [-0.39, 0.29) is 23.3 Å². The first-order chi connectivity index (χ1) is 15.5. The number of hydrogen-bond acceptors (Lipinski definition) is 5. The molecule has 32 heavy (non-hydrogen) atoms. The summed E-state index contributed by atoms with van der Waals surface area (Å²) in [7, 11) is 1.57. The summed E-state index contributed by atoms with van der Waals surface area (Å²) in [5, 5.41) is 4.20. The maximum atomic E-state index is 13.4. The van der Waals surface area contributed by atoms with Crippen molar-refractivity contribution in [2.45, 2.75) is 44.3 Å². The Labute approximate surface area is 192 Å². The first-order valence-corrected chi connectivity index (χ1v) is 12.1. The maximum Gasteiger partial charge on any atom is 0.266 e. The topological polar surface area (TPSA) is 73.2 Å². The van der Waals surface area contributed by atoms with Crippen LogP contribution >= 0.6 is 11.8 Å². The zero-order valence-electron chi connectivity index (χ0n) is 18.7. The standard InChI is InChI=1S/C25H29N3O3S/c1-16-9-8-12-19(17(16)2)26-23(29)15-32-25-27-20-11-5-4-10-18(20)24(30)28(25)21-13-6-7-14-22(21)31-3/h4-7,10-11,13-14,16-17,19H,8-9,12,15H2,1-3H3,(H,26,29)/t16-,17-,19+/m0/s1. The molecule has 168 valence electrons. The van der Waals surface area contributed by atoms with Gasteiger partial charge in [-0.05, 0) is 42.5 Å². The van der Waals surface area contributed by atoms with Crippen LogP contribution in [0.5, 0.6) is 5.75 Å². The number of carbonyl (C=O) groups is 1. The van der Waals surface area contributed by atoms with Crippen molar-refractivity contribution in [3.05, 3.63) is 58.9 Å². The van der Waals surface area contributed by atoms with Crippen LogP contribution in [-0.4, -0.2) is 34.4 Å². The van der Waals surface area contributed by atoms with Crippen molar-refractivity contribution in [3.8, 4) is 11.4 Å². The molecule has 1 amide bonds. The molecule has 3 atom stereocenters. The van der Waals surface area contributed by atoms with Gasteiger partial charge in [-0.3, -0.25) is 14.2 Å². The third-order valence-electron chi connectivity index (χ3n) is 6.46. The van der Waals surface area contributed by atoms with Crippen LogP contribution in [0.2, 0.25) is 0 Å². The van der Waals surface area contributed by atoms with Crippen LogP contribution in [0.4, 0.5) is 0 Å². The van der Waals surface area contributed by atoms with E-state index in [0.717, 1.165) is 12.8 Å². The number of rotatable bonds is 6. The van der Waals surface area contributed by atoms with E-state index in [4.69, 9.17) is 9.72 Å². The summed E-state index contributed by atoms with van der Waals surface area (Å²) < 4.78 is 7.04. The predicted octanol–water partition coefficient (Wildman–Crippen LogP) is 4.43. The van der Waals surface area contributed by atoms with Crippen LogP contribution in [0, 0.1) is 11.8 Å². The second-order valence-corrected chi connectivity index (χ2v) is 9.40. The number of nitrogens with one attached hydrogen (secondary N) is 1. The van der Waals surface area contributed by atoms with Gasteiger partial charge in [0.2, 0.25) is 5.91 Å². The smallest absolute Gasteiger partial charge is 0.266 e. The summed E-state index contributed by atoms with van der Waals surface area (Å²) >= 11 is 1.27. The van der Waals surface area contributed by atoms with Crippen LogP contribution in [0.15, 0.2) is 58.5 Å². The van der Waals surface area contributed by atoms with E-state index in [9.17, 15) is 9.59 Å². The SMILES string of the molecule is COc1ccccc1-n1c(SCC(=O)N[C@@H]2CCC[C@H](C)[C@@H]2C)nc2ccccc2c1=O. The Hall–Kier alpha value is -2.80. The number of carbonyl (C=O) groups excluding carboxylic acids is 1. The van der Waals surface area contributed by atoms with E-state index in [0.29, 0.717) is 39.3 Å². The molecule has 0 unspecified atom stereocenters. The monoisotopic (exact) mass is 451 g/mol. The van der Waals surface area contributed by atoms with Gasteiger partial charge in [0.25, 0.3) is 5.56 Å². The molecule has 1 fully saturated rings. The molecular formula is C25H29N3O3S. The molecular weight excluding hydrogens is 422 g/mol. The van der Waals surface area contributed by atoms with Crippen LogP contribution in [0.3, 0.4) is 0 Å².